The average Bonchev–Trinajstić information content (AvgIpc) is 2.36. The molecule has 0 aromatic heterocycles. The molecule has 0 spiro atoms. The van der Waals surface area contributed by atoms with Crippen molar-refractivity contribution in [1.29, 1.82) is 0 Å². The Labute approximate surface area is 125 Å². The molecule has 0 atom stereocenters. The van der Waals surface area contributed by atoms with Crippen LogP contribution in [0.4, 0.5) is 8.78 Å². The van der Waals surface area contributed by atoms with E-state index in [2.05, 4.69) is 31.9 Å². The van der Waals surface area contributed by atoms with Gasteiger partial charge < -0.3 is 0 Å². The van der Waals surface area contributed by atoms with E-state index >= 15 is 0 Å². The third kappa shape index (κ3) is 3.48. The van der Waals surface area contributed by atoms with Crippen molar-refractivity contribution in [3.8, 4) is 0 Å². The van der Waals surface area contributed by atoms with Crippen molar-refractivity contribution in [1.82, 2.24) is 0 Å². The highest BCUT2D eigenvalue weighted by molar-refractivity contribution is 9.10. The van der Waals surface area contributed by atoms with Crippen LogP contribution in [-0.4, -0.2) is 5.78 Å². The lowest BCUT2D eigenvalue weighted by Crippen LogP contribution is -2.07. The molecule has 1 nitrogen and oxygen atoms in total. The fraction of sp³-hybridized carbons (Fsp3) is 0.0714. The van der Waals surface area contributed by atoms with Crippen molar-refractivity contribution in [3.05, 3.63) is 68.1 Å². The van der Waals surface area contributed by atoms with Crippen LogP contribution in [0, 0.1) is 11.6 Å². The van der Waals surface area contributed by atoms with E-state index in [9.17, 15) is 13.6 Å². The minimum Gasteiger partial charge on any atom is -0.294 e. The van der Waals surface area contributed by atoms with Crippen molar-refractivity contribution < 1.29 is 13.6 Å². The molecule has 0 saturated carbocycles. The zero-order valence-corrected chi connectivity index (χ0v) is 12.8. The van der Waals surface area contributed by atoms with Crippen LogP contribution in [0.25, 0.3) is 0 Å². The Hall–Kier alpha value is -1.07. The highest BCUT2D eigenvalue weighted by Gasteiger charge is 2.15. The first-order valence-corrected chi connectivity index (χ1v) is 6.98. The van der Waals surface area contributed by atoms with Crippen LogP contribution < -0.4 is 0 Å². The minimum absolute atomic E-state index is 0.0475. The maximum absolute atomic E-state index is 13.6. The van der Waals surface area contributed by atoms with E-state index < -0.39 is 17.4 Å². The largest absolute Gasteiger partial charge is 0.294 e. The quantitative estimate of drug-likeness (QED) is 0.681. The fourth-order valence-electron chi connectivity index (χ4n) is 1.66. The van der Waals surface area contributed by atoms with Gasteiger partial charge in [-0.1, -0.05) is 31.9 Å². The molecule has 0 N–H and O–H groups in total. The van der Waals surface area contributed by atoms with Crippen LogP contribution in [0.5, 0.6) is 0 Å². The normalized spacial score (nSPS) is 10.5. The van der Waals surface area contributed by atoms with Gasteiger partial charge >= 0.3 is 0 Å². The van der Waals surface area contributed by atoms with Gasteiger partial charge in [0.25, 0.3) is 0 Å². The van der Waals surface area contributed by atoms with Gasteiger partial charge in [0.2, 0.25) is 0 Å². The van der Waals surface area contributed by atoms with Gasteiger partial charge in [-0.3, -0.25) is 4.79 Å². The summed E-state index contributed by atoms with van der Waals surface area (Å²) in [7, 11) is 0. The van der Waals surface area contributed by atoms with Gasteiger partial charge in [0.1, 0.15) is 11.6 Å². The molecule has 98 valence electrons. The Morgan fingerprint density at radius 3 is 2.21 bits per heavy atom. The Bertz CT molecular complexity index is 641. The minimum atomic E-state index is -0.608. The molecule has 0 bridgehead atoms. The highest BCUT2D eigenvalue weighted by Crippen LogP contribution is 2.20. The number of rotatable bonds is 3. The van der Waals surface area contributed by atoms with Gasteiger partial charge in [0.15, 0.2) is 5.78 Å². The smallest absolute Gasteiger partial charge is 0.170 e. The molecule has 0 heterocycles. The molecule has 0 unspecified atom stereocenters. The summed E-state index contributed by atoms with van der Waals surface area (Å²) >= 11 is 6.38. The molecule has 0 aliphatic heterocycles. The van der Waals surface area contributed by atoms with E-state index in [1.54, 1.807) is 6.07 Å². The molecular formula is C14H8Br2F2O. The lowest BCUT2D eigenvalue weighted by atomic mass is 10.0. The van der Waals surface area contributed by atoms with Crippen molar-refractivity contribution in [2.75, 3.05) is 0 Å². The highest BCUT2D eigenvalue weighted by atomic mass is 79.9. The number of halogens is 4. The lowest BCUT2D eigenvalue weighted by molar-refractivity contribution is 0.0988. The second kappa shape index (κ2) is 5.92. The van der Waals surface area contributed by atoms with Crippen LogP contribution in [0.15, 0.2) is 45.3 Å². The van der Waals surface area contributed by atoms with Gasteiger partial charge in [-0.2, -0.15) is 0 Å². The summed E-state index contributed by atoms with van der Waals surface area (Å²) in [5, 5.41) is 0. The fourth-order valence-corrected chi connectivity index (χ4v) is 2.43. The zero-order valence-electron chi connectivity index (χ0n) is 9.59. The van der Waals surface area contributed by atoms with Gasteiger partial charge in [-0.25, -0.2) is 8.78 Å². The summed E-state index contributed by atoms with van der Waals surface area (Å²) in [6.45, 7) is 0. The van der Waals surface area contributed by atoms with Crippen LogP contribution >= 0.6 is 31.9 Å². The molecule has 2 rings (SSSR count). The second-order valence-corrected chi connectivity index (χ2v) is 5.79. The number of ketones is 1. The molecule has 5 heteroatoms. The molecule has 2 aromatic carbocycles. The van der Waals surface area contributed by atoms with Crippen LogP contribution in [0.3, 0.4) is 0 Å². The Morgan fingerprint density at radius 1 is 0.947 bits per heavy atom. The summed E-state index contributed by atoms with van der Waals surface area (Å²) in [5.74, 6) is -1.55. The monoisotopic (exact) mass is 388 g/mol. The maximum atomic E-state index is 13.6. The number of Topliss-reactive ketones (excluding diaryl/α,β-unsaturated/α-hetero) is 1. The molecular weight excluding hydrogens is 382 g/mol. The molecule has 0 aliphatic rings. The van der Waals surface area contributed by atoms with Crippen LogP contribution in [-0.2, 0) is 6.42 Å². The van der Waals surface area contributed by atoms with Crippen molar-refractivity contribution in [3.63, 3.8) is 0 Å². The zero-order chi connectivity index (χ0) is 14.0. The third-order valence-electron chi connectivity index (χ3n) is 2.59. The molecule has 0 fully saturated rings. The molecule has 2 aromatic rings. The van der Waals surface area contributed by atoms with E-state index in [0.29, 0.717) is 8.95 Å². The first-order valence-electron chi connectivity index (χ1n) is 5.39. The van der Waals surface area contributed by atoms with Gasteiger partial charge in [-0.15, -0.1) is 0 Å². The lowest BCUT2D eigenvalue weighted by Gasteiger charge is -2.05. The van der Waals surface area contributed by atoms with E-state index in [4.69, 9.17) is 0 Å². The molecule has 0 saturated heterocycles. The summed E-state index contributed by atoms with van der Waals surface area (Å²) in [6, 6.07) is 8.43. The molecule has 0 aliphatic carbocycles. The number of hydrogen-bond acceptors (Lipinski definition) is 1. The summed E-state index contributed by atoms with van der Waals surface area (Å²) in [4.78, 5) is 12.0. The van der Waals surface area contributed by atoms with E-state index in [0.717, 1.165) is 0 Å². The third-order valence-corrected chi connectivity index (χ3v) is 3.57. The Kier molecular flexibility index (Phi) is 4.47. The SMILES string of the molecule is O=C(Cc1cc(Br)ccc1F)c1cc(Br)ccc1F. The topological polar surface area (TPSA) is 17.1 Å². The van der Waals surface area contributed by atoms with Crippen LogP contribution in [0.1, 0.15) is 15.9 Å². The Morgan fingerprint density at radius 2 is 1.53 bits per heavy atom. The van der Waals surface area contributed by atoms with Crippen molar-refractivity contribution in [2.24, 2.45) is 0 Å². The number of carbonyl (C=O) groups is 1. The standard InChI is InChI=1S/C14H8Br2F2O/c15-9-1-3-12(17)8(5-9)6-14(19)11-7-10(16)2-4-13(11)18/h1-5,7H,6H2. The molecule has 19 heavy (non-hydrogen) atoms. The van der Waals surface area contributed by atoms with Crippen LogP contribution in [0.2, 0.25) is 0 Å². The number of carbonyl (C=O) groups excluding carboxylic acids is 1. The summed E-state index contributed by atoms with van der Waals surface area (Å²) in [5.41, 5.74) is 0.188. The van der Waals surface area contributed by atoms with E-state index in [1.807, 2.05) is 0 Å². The Balaban J connectivity index is 2.30. The first-order chi connectivity index (χ1) is 8.97. The average molecular weight is 390 g/mol. The van der Waals surface area contributed by atoms with Gasteiger partial charge in [0, 0.05) is 15.4 Å². The number of benzene rings is 2. The predicted molar refractivity (Wildman–Crippen MR) is 76.2 cm³/mol. The van der Waals surface area contributed by atoms with Crippen molar-refractivity contribution in [2.45, 2.75) is 6.42 Å². The second-order valence-electron chi connectivity index (χ2n) is 3.96. The van der Waals surface area contributed by atoms with Crippen molar-refractivity contribution >= 4 is 37.6 Å². The van der Waals surface area contributed by atoms with E-state index in [1.165, 1.54) is 30.3 Å². The first kappa shape index (κ1) is 14.3. The maximum Gasteiger partial charge on any atom is 0.170 e. The predicted octanol–water partition coefficient (Wildman–Crippen LogP) is 4.92. The number of hydrogen-bond donors (Lipinski definition) is 0. The summed E-state index contributed by atoms with van der Waals surface area (Å²) < 4.78 is 28.4. The van der Waals surface area contributed by atoms with Gasteiger partial charge in [-0.05, 0) is 42.0 Å². The van der Waals surface area contributed by atoms with E-state index in [-0.39, 0.29) is 17.5 Å². The summed E-state index contributed by atoms with van der Waals surface area (Å²) in [6.07, 6.45) is -0.182. The molecule has 0 radical (unpaired) electrons. The van der Waals surface area contributed by atoms with Gasteiger partial charge in [0.05, 0.1) is 5.56 Å². The molecule has 0 amide bonds.